The van der Waals surface area contributed by atoms with Crippen molar-refractivity contribution in [3.63, 3.8) is 0 Å². The van der Waals surface area contributed by atoms with Crippen molar-refractivity contribution in [1.29, 1.82) is 0 Å². The van der Waals surface area contributed by atoms with Gasteiger partial charge in [-0.2, -0.15) is 0 Å². The van der Waals surface area contributed by atoms with E-state index in [-0.39, 0.29) is 0 Å². The summed E-state index contributed by atoms with van der Waals surface area (Å²) in [5, 5.41) is 0.584. The van der Waals surface area contributed by atoms with Crippen LogP contribution < -0.4 is 0 Å². The van der Waals surface area contributed by atoms with E-state index in [2.05, 4.69) is 11.6 Å². The summed E-state index contributed by atoms with van der Waals surface area (Å²) in [7, 11) is 0. The van der Waals surface area contributed by atoms with E-state index in [4.69, 9.17) is 11.6 Å². The van der Waals surface area contributed by atoms with Crippen molar-refractivity contribution in [1.82, 2.24) is 4.98 Å². The molecule has 1 nitrogen and oxygen atoms in total. The van der Waals surface area contributed by atoms with Crippen LogP contribution in [0.4, 0.5) is 0 Å². The summed E-state index contributed by atoms with van der Waals surface area (Å²) in [4.78, 5) is 4.21. The molecule has 70 valence electrons. The fraction of sp³-hybridized carbons (Fsp3) is 0.364. The summed E-state index contributed by atoms with van der Waals surface area (Å²) < 4.78 is 0. The molecule has 0 fully saturated rings. The second-order valence-corrected chi connectivity index (χ2v) is 3.37. The molecule has 0 saturated heterocycles. The standard InChI is InChI=1S/C11H14ClN/c1-2-3-4-5-7-10-8-6-9-11(12)13-10/h2,6,8-9H,1,3-5,7H2. The largest absolute Gasteiger partial charge is 0.241 e. The van der Waals surface area contributed by atoms with Crippen LogP contribution in [0.1, 0.15) is 25.0 Å². The lowest BCUT2D eigenvalue weighted by molar-refractivity contribution is 0.735. The molecular formula is C11H14ClN. The van der Waals surface area contributed by atoms with Gasteiger partial charge in [0.05, 0.1) is 0 Å². The summed E-state index contributed by atoms with van der Waals surface area (Å²) in [6.45, 7) is 3.68. The molecular weight excluding hydrogens is 182 g/mol. The molecule has 0 unspecified atom stereocenters. The Bertz CT molecular complexity index is 271. The highest BCUT2D eigenvalue weighted by Crippen LogP contribution is 2.08. The number of unbranched alkanes of at least 4 members (excludes halogenated alkanes) is 2. The Morgan fingerprint density at radius 1 is 1.38 bits per heavy atom. The van der Waals surface area contributed by atoms with Gasteiger partial charge in [0.1, 0.15) is 5.15 Å². The number of allylic oxidation sites excluding steroid dienone is 1. The van der Waals surface area contributed by atoms with Crippen molar-refractivity contribution in [2.75, 3.05) is 0 Å². The van der Waals surface area contributed by atoms with Gasteiger partial charge in [-0.1, -0.05) is 23.7 Å². The van der Waals surface area contributed by atoms with Gasteiger partial charge in [0.25, 0.3) is 0 Å². The van der Waals surface area contributed by atoms with Crippen molar-refractivity contribution in [3.05, 3.63) is 41.7 Å². The lowest BCUT2D eigenvalue weighted by atomic mass is 10.1. The lowest BCUT2D eigenvalue weighted by Gasteiger charge is -1.99. The van der Waals surface area contributed by atoms with Gasteiger partial charge in [0, 0.05) is 5.69 Å². The molecule has 0 radical (unpaired) electrons. The fourth-order valence-electron chi connectivity index (χ4n) is 1.18. The summed E-state index contributed by atoms with van der Waals surface area (Å²) in [5.74, 6) is 0. The van der Waals surface area contributed by atoms with Crippen LogP contribution in [-0.4, -0.2) is 4.98 Å². The second-order valence-electron chi connectivity index (χ2n) is 2.99. The van der Waals surface area contributed by atoms with Gasteiger partial charge in [0.2, 0.25) is 0 Å². The predicted molar refractivity (Wildman–Crippen MR) is 57.0 cm³/mol. The maximum atomic E-state index is 5.76. The predicted octanol–water partition coefficient (Wildman–Crippen LogP) is 3.63. The quantitative estimate of drug-likeness (QED) is 0.397. The molecule has 0 saturated carbocycles. The highest BCUT2D eigenvalue weighted by molar-refractivity contribution is 6.29. The molecule has 0 bridgehead atoms. The Morgan fingerprint density at radius 3 is 2.92 bits per heavy atom. The molecule has 2 heteroatoms. The number of rotatable bonds is 5. The molecule has 0 aliphatic heterocycles. The zero-order valence-corrected chi connectivity index (χ0v) is 8.43. The maximum absolute atomic E-state index is 5.76. The van der Waals surface area contributed by atoms with Crippen LogP contribution in [0.3, 0.4) is 0 Å². The number of halogens is 1. The summed E-state index contributed by atoms with van der Waals surface area (Å²) >= 11 is 5.76. The van der Waals surface area contributed by atoms with Crippen LogP contribution in [0.2, 0.25) is 5.15 Å². The van der Waals surface area contributed by atoms with Gasteiger partial charge in [-0.3, -0.25) is 0 Å². The Labute approximate surface area is 84.5 Å². The van der Waals surface area contributed by atoms with E-state index in [0.717, 1.165) is 25.0 Å². The molecule has 0 aliphatic rings. The van der Waals surface area contributed by atoms with Crippen LogP contribution in [0.25, 0.3) is 0 Å². The van der Waals surface area contributed by atoms with E-state index < -0.39 is 0 Å². The number of aryl methyl sites for hydroxylation is 1. The van der Waals surface area contributed by atoms with Gasteiger partial charge < -0.3 is 0 Å². The first kappa shape index (κ1) is 10.3. The number of hydrogen-bond acceptors (Lipinski definition) is 1. The van der Waals surface area contributed by atoms with Crippen molar-refractivity contribution in [2.24, 2.45) is 0 Å². The maximum Gasteiger partial charge on any atom is 0.129 e. The first-order valence-electron chi connectivity index (χ1n) is 4.55. The molecule has 1 rings (SSSR count). The van der Waals surface area contributed by atoms with E-state index in [1.165, 1.54) is 6.42 Å². The van der Waals surface area contributed by atoms with Crippen molar-refractivity contribution >= 4 is 11.6 Å². The molecule has 0 amide bonds. The minimum Gasteiger partial charge on any atom is -0.241 e. The van der Waals surface area contributed by atoms with E-state index in [1.54, 1.807) is 6.07 Å². The molecule has 0 aliphatic carbocycles. The summed E-state index contributed by atoms with van der Waals surface area (Å²) in [6, 6.07) is 5.76. The summed E-state index contributed by atoms with van der Waals surface area (Å²) in [6.07, 6.45) is 6.37. The van der Waals surface area contributed by atoms with E-state index in [1.807, 2.05) is 18.2 Å². The number of hydrogen-bond donors (Lipinski definition) is 0. The molecule has 1 aromatic heterocycles. The monoisotopic (exact) mass is 195 g/mol. The number of aromatic nitrogens is 1. The SMILES string of the molecule is C=CCCCCc1cccc(Cl)n1. The molecule has 0 spiro atoms. The Hall–Kier alpha value is -0.820. The normalized spacial score (nSPS) is 9.92. The third kappa shape index (κ3) is 4.09. The minimum absolute atomic E-state index is 0.584. The fourth-order valence-corrected chi connectivity index (χ4v) is 1.37. The zero-order valence-electron chi connectivity index (χ0n) is 7.67. The second kappa shape index (κ2) is 5.76. The van der Waals surface area contributed by atoms with E-state index in [9.17, 15) is 0 Å². The lowest BCUT2D eigenvalue weighted by Crippen LogP contribution is -1.89. The first-order chi connectivity index (χ1) is 6.33. The Balaban J connectivity index is 2.32. The first-order valence-corrected chi connectivity index (χ1v) is 4.93. The highest BCUT2D eigenvalue weighted by atomic mass is 35.5. The van der Waals surface area contributed by atoms with E-state index >= 15 is 0 Å². The van der Waals surface area contributed by atoms with Gasteiger partial charge >= 0.3 is 0 Å². The van der Waals surface area contributed by atoms with Gasteiger partial charge in [-0.05, 0) is 37.8 Å². The molecule has 0 aromatic carbocycles. The van der Waals surface area contributed by atoms with Gasteiger partial charge in [-0.15, -0.1) is 6.58 Å². The van der Waals surface area contributed by atoms with E-state index in [0.29, 0.717) is 5.15 Å². The van der Waals surface area contributed by atoms with Crippen LogP contribution in [0, 0.1) is 0 Å². The molecule has 1 heterocycles. The Kier molecular flexibility index (Phi) is 4.55. The van der Waals surface area contributed by atoms with Crippen LogP contribution >= 0.6 is 11.6 Å². The van der Waals surface area contributed by atoms with Crippen LogP contribution in [0.15, 0.2) is 30.9 Å². The number of pyridine rings is 1. The third-order valence-electron chi connectivity index (χ3n) is 1.86. The van der Waals surface area contributed by atoms with Gasteiger partial charge in [0.15, 0.2) is 0 Å². The molecule has 0 atom stereocenters. The minimum atomic E-state index is 0.584. The molecule has 1 aromatic rings. The average molecular weight is 196 g/mol. The van der Waals surface area contributed by atoms with Crippen LogP contribution in [0.5, 0.6) is 0 Å². The van der Waals surface area contributed by atoms with Crippen molar-refractivity contribution in [3.8, 4) is 0 Å². The van der Waals surface area contributed by atoms with Crippen molar-refractivity contribution in [2.45, 2.75) is 25.7 Å². The van der Waals surface area contributed by atoms with Crippen LogP contribution in [-0.2, 0) is 6.42 Å². The molecule has 13 heavy (non-hydrogen) atoms. The smallest absolute Gasteiger partial charge is 0.129 e. The molecule has 0 N–H and O–H groups in total. The average Bonchev–Trinajstić information content (AvgIpc) is 2.13. The Morgan fingerprint density at radius 2 is 2.23 bits per heavy atom. The van der Waals surface area contributed by atoms with Gasteiger partial charge in [-0.25, -0.2) is 4.98 Å². The highest BCUT2D eigenvalue weighted by Gasteiger charge is 1.94. The number of nitrogens with zero attached hydrogens (tertiary/aromatic N) is 1. The summed E-state index contributed by atoms with van der Waals surface area (Å²) in [5.41, 5.74) is 1.08. The van der Waals surface area contributed by atoms with Crippen molar-refractivity contribution < 1.29 is 0 Å². The third-order valence-corrected chi connectivity index (χ3v) is 2.07. The topological polar surface area (TPSA) is 12.9 Å². The zero-order chi connectivity index (χ0) is 9.52.